The lowest BCUT2D eigenvalue weighted by atomic mass is 10.3. The first kappa shape index (κ1) is 13.7. The Morgan fingerprint density at radius 1 is 1.26 bits per heavy atom. The zero-order valence-electron chi connectivity index (χ0n) is 11.2. The summed E-state index contributed by atoms with van der Waals surface area (Å²) in [4.78, 5) is 13.8. The number of carbonyl (C=O) groups is 1. The van der Waals surface area contributed by atoms with E-state index in [0.29, 0.717) is 24.5 Å². The molecule has 0 radical (unpaired) electrons. The highest BCUT2D eigenvalue weighted by atomic mass is 16.5. The van der Waals surface area contributed by atoms with Crippen molar-refractivity contribution < 1.29 is 14.3 Å². The fraction of sp³-hybridized carbons (Fsp3) is 0.500. The average molecular weight is 264 g/mol. The minimum absolute atomic E-state index is 0.149. The minimum atomic E-state index is 0.149. The molecule has 5 nitrogen and oxygen atoms in total. The van der Waals surface area contributed by atoms with Crippen LogP contribution in [0.1, 0.15) is 6.42 Å². The fourth-order valence-electron chi connectivity index (χ4n) is 2.06. The number of hydrogen-bond donors (Lipinski definition) is 1. The number of carbonyl (C=O) groups excluding carboxylic acids is 1. The summed E-state index contributed by atoms with van der Waals surface area (Å²) in [6.45, 7) is 3.70. The Morgan fingerprint density at radius 3 is 2.63 bits per heavy atom. The van der Waals surface area contributed by atoms with E-state index in [1.54, 1.807) is 7.11 Å². The third-order valence-corrected chi connectivity index (χ3v) is 3.11. The third-order valence-electron chi connectivity index (χ3n) is 3.11. The number of ether oxygens (including phenoxy) is 2. The van der Waals surface area contributed by atoms with Crippen LogP contribution in [0.4, 0.5) is 0 Å². The molecule has 1 fully saturated rings. The lowest BCUT2D eigenvalue weighted by Gasteiger charge is -2.27. The van der Waals surface area contributed by atoms with Gasteiger partial charge in [0.2, 0.25) is 5.91 Å². The minimum Gasteiger partial charge on any atom is -0.493 e. The lowest BCUT2D eigenvalue weighted by molar-refractivity contribution is -0.132. The number of nitrogens with zero attached hydrogens (tertiary/aromatic N) is 1. The van der Waals surface area contributed by atoms with E-state index < -0.39 is 0 Å². The molecule has 0 unspecified atom stereocenters. The second-order valence-electron chi connectivity index (χ2n) is 4.38. The van der Waals surface area contributed by atoms with Gasteiger partial charge in [-0.2, -0.15) is 0 Å². The Bertz CT molecular complexity index is 417. The maximum absolute atomic E-state index is 11.9. The molecule has 1 aromatic rings. The van der Waals surface area contributed by atoms with Crippen LogP contribution in [0.25, 0.3) is 0 Å². The lowest BCUT2D eigenvalue weighted by Crippen LogP contribution is -2.46. The van der Waals surface area contributed by atoms with Crippen LogP contribution >= 0.6 is 0 Å². The van der Waals surface area contributed by atoms with E-state index in [9.17, 15) is 4.79 Å². The molecule has 5 heteroatoms. The molecule has 1 N–H and O–H groups in total. The van der Waals surface area contributed by atoms with Gasteiger partial charge in [-0.3, -0.25) is 4.79 Å². The van der Waals surface area contributed by atoms with Gasteiger partial charge >= 0.3 is 0 Å². The van der Waals surface area contributed by atoms with Crippen LogP contribution < -0.4 is 14.8 Å². The van der Waals surface area contributed by atoms with Crippen molar-refractivity contribution in [2.75, 3.05) is 39.9 Å². The molecular formula is C14H20N2O3. The normalized spacial score (nSPS) is 15.1. The van der Waals surface area contributed by atoms with Gasteiger partial charge in [0.05, 0.1) is 20.1 Å². The number of hydrogen-bond acceptors (Lipinski definition) is 4. The molecule has 1 aromatic carbocycles. The molecule has 104 valence electrons. The number of nitrogens with one attached hydrogen (secondary N) is 1. The highest BCUT2D eigenvalue weighted by Crippen LogP contribution is 2.25. The Labute approximate surface area is 113 Å². The Kier molecular flexibility index (Phi) is 5.03. The molecule has 19 heavy (non-hydrogen) atoms. The van der Waals surface area contributed by atoms with Gasteiger partial charge in [0, 0.05) is 26.2 Å². The number of amides is 1. The van der Waals surface area contributed by atoms with Crippen molar-refractivity contribution in [1.82, 2.24) is 10.2 Å². The van der Waals surface area contributed by atoms with Crippen molar-refractivity contribution in [3.63, 3.8) is 0 Å². The summed E-state index contributed by atoms with van der Waals surface area (Å²) < 4.78 is 10.8. The summed E-state index contributed by atoms with van der Waals surface area (Å²) in [6, 6.07) is 7.45. The summed E-state index contributed by atoms with van der Waals surface area (Å²) in [5.74, 6) is 1.52. The second-order valence-corrected chi connectivity index (χ2v) is 4.38. The molecule has 1 saturated heterocycles. The summed E-state index contributed by atoms with van der Waals surface area (Å²) in [5.41, 5.74) is 0. The summed E-state index contributed by atoms with van der Waals surface area (Å²) >= 11 is 0. The van der Waals surface area contributed by atoms with Gasteiger partial charge in [-0.1, -0.05) is 12.1 Å². The summed E-state index contributed by atoms with van der Waals surface area (Å²) in [5, 5.41) is 3.22. The van der Waals surface area contributed by atoms with E-state index in [1.807, 2.05) is 29.2 Å². The number of para-hydroxylation sites is 2. The zero-order chi connectivity index (χ0) is 13.5. The molecule has 1 aliphatic rings. The van der Waals surface area contributed by atoms with Gasteiger partial charge in [0.1, 0.15) is 0 Å². The smallest absolute Gasteiger partial charge is 0.226 e. The van der Waals surface area contributed by atoms with Crippen molar-refractivity contribution in [2.45, 2.75) is 6.42 Å². The van der Waals surface area contributed by atoms with Gasteiger partial charge < -0.3 is 19.7 Å². The standard InChI is InChI=1S/C14H20N2O3/c1-18-12-4-2-3-5-13(12)19-11-6-14(17)16-9-7-15-8-10-16/h2-5,15H,6-11H2,1H3. The van der Waals surface area contributed by atoms with Crippen LogP contribution in [0, 0.1) is 0 Å². The Balaban J connectivity index is 1.78. The van der Waals surface area contributed by atoms with Gasteiger partial charge in [-0.05, 0) is 12.1 Å². The molecule has 0 saturated carbocycles. The molecule has 1 aliphatic heterocycles. The monoisotopic (exact) mass is 264 g/mol. The molecule has 0 aromatic heterocycles. The quantitative estimate of drug-likeness (QED) is 0.858. The predicted octanol–water partition coefficient (Wildman–Crippen LogP) is 0.896. The Morgan fingerprint density at radius 2 is 1.95 bits per heavy atom. The van der Waals surface area contributed by atoms with Gasteiger partial charge in [0.15, 0.2) is 11.5 Å². The molecule has 2 rings (SSSR count). The molecule has 0 aliphatic carbocycles. The molecule has 0 atom stereocenters. The Hall–Kier alpha value is -1.75. The predicted molar refractivity (Wildman–Crippen MR) is 72.6 cm³/mol. The molecule has 1 amide bonds. The van der Waals surface area contributed by atoms with Crippen LogP contribution in [-0.2, 0) is 4.79 Å². The van der Waals surface area contributed by atoms with E-state index in [-0.39, 0.29) is 5.91 Å². The van der Waals surface area contributed by atoms with Crippen molar-refractivity contribution in [1.29, 1.82) is 0 Å². The molecule has 1 heterocycles. The van der Waals surface area contributed by atoms with Crippen LogP contribution in [0.3, 0.4) is 0 Å². The van der Waals surface area contributed by atoms with Gasteiger partial charge in [-0.15, -0.1) is 0 Å². The third kappa shape index (κ3) is 3.86. The highest BCUT2D eigenvalue weighted by Gasteiger charge is 2.15. The number of benzene rings is 1. The maximum atomic E-state index is 11.9. The first-order valence-corrected chi connectivity index (χ1v) is 6.55. The van der Waals surface area contributed by atoms with Crippen molar-refractivity contribution in [2.24, 2.45) is 0 Å². The van der Waals surface area contributed by atoms with E-state index in [4.69, 9.17) is 9.47 Å². The first-order valence-electron chi connectivity index (χ1n) is 6.55. The molecule has 0 spiro atoms. The topological polar surface area (TPSA) is 50.8 Å². The largest absolute Gasteiger partial charge is 0.493 e. The summed E-state index contributed by atoms with van der Waals surface area (Å²) in [6.07, 6.45) is 0.401. The average Bonchev–Trinajstić information content (AvgIpc) is 2.48. The van der Waals surface area contributed by atoms with Gasteiger partial charge in [-0.25, -0.2) is 0 Å². The van der Waals surface area contributed by atoms with Crippen LogP contribution in [0.2, 0.25) is 0 Å². The van der Waals surface area contributed by atoms with E-state index in [1.165, 1.54) is 0 Å². The maximum Gasteiger partial charge on any atom is 0.226 e. The van der Waals surface area contributed by atoms with Crippen LogP contribution in [0.5, 0.6) is 11.5 Å². The number of methoxy groups -OCH3 is 1. The number of piperazine rings is 1. The van der Waals surface area contributed by atoms with E-state index in [0.717, 1.165) is 26.2 Å². The van der Waals surface area contributed by atoms with Crippen LogP contribution in [0.15, 0.2) is 24.3 Å². The second kappa shape index (κ2) is 6.99. The molecule has 0 bridgehead atoms. The van der Waals surface area contributed by atoms with Crippen LogP contribution in [-0.4, -0.2) is 50.7 Å². The van der Waals surface area contributed by atoms with Gasteiger partial charge in [0.25, 0.3) is 0 Å². The fourth-order valence-corrected chi connectivity index (χ4v) is 2.06. The van der Waals surface area contributed by atoms with Crippen molar-refractivity contribution in [3.8, 4) is 11.5 Å². The number of rotatable bonds is 5. The highest BCUT2D eigenvalue weighted by molar-refractivity contribution is 5.76. The van der Waals surface area contributed by atoms with E-state index >= 15 is 0 Å². The summed E-state index contributed by atoms with van der Waals surface area (Å²) in [7, 11) is 1.61. The molecular weight excluding hydrogens is 244 g/mol. The van der Waals surface area contributed by atoms with Crippen molar-refractivity contribution in [3.05, 3.63) is 24.3 Å². The SMILES string of the molecule is COc1ccccc1OCCC(=O)N1CCNCC1. The van der Waals surface area contributed by atoms with Crippen molar-refractivity contribution >= 4 is 5.91 Å². The van der Waals surface area contributed by atoms with E-state index in [2.05, 4.69) is 5.32 Å². The first-order chi connectivity index (χ1) is 9.31. The zero-order valence-corrected chi connectivity index (χ0v) is 11.2.